The number of hydrogen-bond donors (Lipinski definition) is 1. The molecule has 5 heteroatoms. The zero-order valence-electron chi connectivity index (χ0n) is 14.7. The Morgan fingerprint density at radius 2 is 1.83 bits per heavy atom. The second-order valence-corrected chi connectivity index (χ2v) is 6.12. The first kappa shape index (κ1) is 17.8. The number of aromatic carboxylic acids is 1. The summed E-state index contributed by atoms with van der Waals surface area (Å²) in [6.07, 6.45) is 0.0139. The molecule has 0 unspecified atom stereocenters. The van der Waals surface area contributed by atoms with Crippen molar-refractivity contribution in [2.75, 3.05) is 7.11 Å². The molecular weight excluding hydrogens is 306 g/mol. The maximum absolute atomic E-state index is 11.4. The van der Waals surface area contributed by atoms with Gasteiger partial charge in [-0.1, -0.05) is 13.8 Å². The third-order valence-corrected chi connectivity index (χ3v) is 3.53. The van der Waals surface area contributed by atoms with Gasteiger partial charge in [0, 0.05) is 5.56 Å². The molecule has 0 bridgehead atoms. The fraction of sp³-hybridized carbons (Fsp3) is 0.368. The average Bonchev–Trinajstić information content (AvgIpc) is 2.54. The van der Waals surface area contributed by atoms with Crippen molar-refractivity contribution < 1.29 is 19.4 Å². The monoisotopic (exact) mass is 329 g/mol. The maximum atomic E-state index is 11.4. The lowest BCUT2D eigenvalue weighted by Crippen LogP contribution is -2.09. The summed E-state index contributed by atoms with van der Waals surface area (Å²) in [6, 6.07) is 8.83. The standard InChI is InChI=1S/C19H23NO4/c1-11(2)18-14(19(21)22)7-8-16(20-18)15-10-13(23-5)6-9-17(15)24-12(3)4/h6-12H,1-5H3,(H,21,22). The molecule has 0 aliphatic heterocycles. The SMILES string of the molecule is COc1ccc(OC(C)C)c(-c2ccc(C(=O)O)c(C(C)C)n2)c1. The van der Waals surface area contributed by atoms with Gasteiger partial charge in [-0.2, -0.15) is 0 Å². The first-order chi connectivity index (χ1) is 11.3. The Hall–Kier alpha value is -2.56. The summed E-state index contributed by atoms with van der Waals surface area (Å²) in [5, 5.41) is 9.35. The lowest BCUT2D eigenvalue weighted by molar-refractivity contribution is 0.0694. The van der Waals surface area contributed by atoms with E-state index in [0.717, 1.165) is 5.56 Å². The van der Waals surface area contributed by atoms with Gasteiger partial charge in [0.25, 0.3) is 0 Å². The van der Waals surface area contributed by atoms with Crippen LogP contribution in [-0.2, 0) is 0 Å². The van der Waals surface area contributed by atoms with Crippen molar-refractivity contribution in [3.63, 3.8) is 0 Å². The molecule has 1 heterocycles. The van der Waals surface area contributed by atoms with Crippen molar-refractivity contribution in [1.29, 1.82) is 0 Å². The first-order valence-corrected chi connectivity index (χ1v) is 7.92. The van der Waals surface area contributed by atoms with Crippen molar-refractivity contribution in [3.05, 3.63) is 41.6 Å². The molecule has 0 fully saturated rings. The zero-order chi connectivity index (χ0) is 17.9. The summed E-state index contributed by atoms with van der Waals surface area (Å²) in [4.78, 5) is 16.0. The Morgan fingerprint density at radius 1 is 1.12 bits per heavy atom. The Labute approximate surface area is 142 Å². The molecule has 0 atom stereocenters. The Morgan fingerprint density at radius 3 is 2.38 bits per heavy atom. The van der Waals surface area contributed by atoms with E-state index in [9.17, 15) is 9.90 Å². The van der Waals surface area contributed by atoms with E-state index in [1.807, 2.05) is 45.9 Å². The normalized spacial score (nSPS) is 11.0. The highest BCUT2D eigenvalue weighted by molar-refractivity contribution is 5.89. The summed E-state index contributed by atoms with van der Waals surface area (Å²) in [6.45, 7) is 7.76. The number of pyridine rings is 1. The van der Waals surface area contributed by atoms with E-state index < -0.39 is 5.97 Å². The van der Waals surface area contributed by atoms with E-state index in [1.165, 1.54) is 0 Å². The predicted octanol–water partition coefficient (Wildman–Crippen LogP) is 4.37. The molecule has 0 saturated heterocycles. The van der Waals surface area contributed by atoms with Crippen LogP contribution in [0.15, 0.2) is 30.3 Å². The third kappa shape index (κ3) is 3.85. The highest BCUT2D eigenvalue weighted by Gasteiger charge is 2.18. The van der Waals surface area contributed by atoms with E-state index in [0.29, 0.717) is 22.9 Å². The zero-order valence-corrected chi connectivity index (χ0v) is 14.7. The first-order valence-electron chi connectivity index (χ1n) is 7.92. The van der Waals surface area contributed by atoms with Crippen molar-refractivity contribution >= 4 is 5.97 Å². The van der Waals surface area contributed by atoms with E-state index in [4.69, 9.17) is 9.47 Å². The Balaban J connectivity index is 2.61. The van der Waals surface area contributed by atoms with E-state index in [2.05, 4.69) is 4.98 Å². The molecule has 128 valence electrons. The molecule has 1 aromatic heterocycles. The Bertz CT molecular complexity index is 738. The minimum absolute atomic E-state index is 0.00359. The number of carboxylic acids is 1. The van der Waals surface area contributed by atoms with Crippen LogP contribution in [0, 0.1) is 0 Å². The third-order valence-electron chi connectivity index (χ3n) is 3.53. The number of rotatable bonds is 6. The highest BCUT2D eigenvalue weighted by atomic mass is 16.5. The van der Waals surface area contributed by atoms with Gasteiger partial charge in [-0.3, -0.25) is 4.98 Å². The molecule has 5 nitrogen and oxygen atoms in total. The minimum Gasteiger partial charge on any atom is -0.497 e. The number of nitrogens with zero attached hydrogens (tertiary/aromatic N) is 1. The van der Waals surface area contributed by atoms with Crippen molar-refractivity contribution in [1.82, 2.24) is 4.98 Å². The molecule has 0 amide bonds. The fourth-order valence-electron chi connectivity index (χ4n) is 2.44. The van der Waals surface area contributed by atoms with Crippen LogP contribution in [0.3, 0.4) is 0 Å². The van der Waals surface area contributed by atoms with E-state index in [1.54, 1.807) is 19.2 Å². The second kappa shape index (κ2) is 7.34. The summed E-state index contributed by atoms with van der Waals surface area (Å²) >= 11 is 0. The summed E-state index contributed by atoms with van der Waals surface area (Å²) in [5.41, 5.74) is 2.22. The van der Waals surface area contributed by atoms with Crippen LogP contribution in [0.5, 0.6) is 11.5 Å². The van der Waals surface area contributed by atoms with Gasteiger partial charge < -0.3 is 14.6 Å². The predicted molar refractivity (Wildman–Crippen MR) is 93.0 cm³/mol. The van der Waals surface area contributed by atoms with Crippen LogP contribution in [0.2, 0.25) is 0 Å². The average molecular weight is 329 g/mol. The molecule has 2 rings (SSSR count). The smallest absolute Gasteiger partial charge is 0.337 e. The number of carboxylic acid groups (broad SMARTS) is 1. The second-order valence-electron chi connectivity index (χ2n) is 6.12. The van der Waals surface area contributed by atoms with Gasteiger partial charge in [-0.25, -0.2) is 4.79 Å². The van der Waals surface area contributed by atoms with Crippen LogP contribution in [-0.4, -0.2) is 29.3 Å². The van der Waals surface area contributed by atoms with Gasteiger partial charge in [0.2, 0.25) is 0 Å². The molecule has 2 aromatic rings. The fourth-order valence-corrected chi connectivity index (χ4v) is 2.44. The highest BCUT2D eigenvalue weighted by Crippen LogP contribution is 2.34. The quantitative estimate of drug-likeness (QED) is 0.852. The van der Waals surface area contributed by atoms with Gasteiger partial charge in [0.05, 0.1) is 30.2 Å². The van der Waals surface area contributed by atoms with Gasteiger partial charge in [0.1, 0.15) is 11.5 Å². The molecular formula is C19H23NO4. The van der Waals surface area contributed by atoms with Gasteiger partial charge in [-0.05, 0) is 50.1 Å². The van der Waals surface area contributed by atoms with Gasteiger partial charge in [-0.15, -0.1) is 0 Å². The topological polar surface area (TPSA) is 68.7 Å². The largest absolute Gasteiger partial charge is 0.497 e. The lowest BCUT2D eigenvalue weighted by Gasteiger charge is -2.17. The number of aromatic nitrogens is 1. The summed E-state index contributed by atoms with van der Waals surface area (Å²) < 4.78 is 11.2. The van der Waals surface area contributed by atoms with E-state index in [-0.39, 0.29) is 17.6 Å². The lowest BCUT2D eigenvalue weighted by atomic mass is 10.0. The van der Waals surface area contributed by atoms with Crippen LogP contribution >= 0.6 is 0 Å². The molecule has 0 aliphatic carbocycles. The number of hydrogen-bond acceptors (Lipinski definition) is 4. The number of methoxy groups -OCH3 is 1. The van der Waals surface area contributed by atoms with Gasteiger partial charge >= 0.3 is 5.97 Å². The summed E-state index contributed by atoms with van der Waals surface area (Å²) in [5.74, 6) is 0.408. The molecule has 1 aromatic carbocycles. The van der Waals surface area contributed by atoms with Crippen molar-refractivity contribution in [2.24, 2.45) is 0 Å². The van der Waals surface area contributed by atoms with Crippen LogP contribution in [0.4, 0.5) is 0 Å². The Kier molecular flexibility index (Phi) is 5.44. The molecule has 0 saturated carbocycles. The summed E-state index contributed by atoms with van der Waals surface area (Å²) in [7, 11) is 1.60. The minimum atomic E-state index is -0.970. The number of benzene rings is 1. The van der Waals surface area contributed by atoms with E-state index >= 15 is 0 Å². The van der Waals surface area contributed by atoms with Crippen LogP contribution in [0.25, 0.3) is 11.3 Å². The number of ether oxygens (including phenoxy) is 2. The van der Waals surface area contributed by atoms with Gasteiger partial charge in [0.15, 0.2) is 0 Å². The molecule has 1 N–H and O–H groups in total. The molecule has 0 spiro atoms. The molecule has 0 radical (unpaired) electrons. The number of carbonyl (C=O) groups is 1. The molecule has 24 heavy (non-hydrogen) atoms. The van der Waals surface area contributed by atoms with Crippen molar-refractivity contribution in [3.8, 4) is 22.8 Å². The van der Waals surface area contributed by atoms with Crippen LogP contribution in [0.1, 0.15) is 49.7 Å². The van der Waals surface area contributed by atoms with Crippen molar-refractivity contribution in [2.45, 2.75) is 39.7 Å². The maximum Gasteiger partial charge on any atom is 0.337 e. The van der Waals surface area contributed by atoms with Crippen LogP contribution < -0.4 is 9.47 Å². The molecule has 0 aliphatic rings.